The number of nitrogens with zero attached hydrogens (tertiary/aromatic N) is 2. The molecule has 0 unspecified atom stereocenters. The van der Waals surface area contributed by atoms with Crippen LogP contribution in [0.25, 0.3) is 0 Å². The van der Waals surface area contributed by atoms with E-state index >= 15 is 0 Å². The van der Waals surface area contributed by atoms with E-state index < -0.39 is 5.97 Å². The maximum absolute atomic E-state index is 11.4. The van der Waals surface area contributed by atoms with Gasteiger partial charge in [0.2, 0.25) is 5.88 Å². The second-order valence-corrected chi connectivity index (χ2v) is 2.76. The van der Waals surface area contributed by atoms with Crippen molar-refractivity contribution in [3.63, 3.8) is 0 Å². The van der Waals surface area contributed by atoms with E-state index in [2.05, 4.69) is 19.3 Å². The SMILES string of the molecule is COC(=O)c1cc(/C=N\OCl)cnc1OC. The fourth-order valence-electron chi connectivity index (χ4n) is 1.04. The third kappa shape index (κ3) is 2.83. The van der Waals surface area contributed by atoms with Gasteiger partial charge in [-0.15, -0.1) is 0 Å². The molecule has 0 radical (unpaired) electrons. The monoisotopic (exact) mass is 244 g/mol. The number of esters is 1. The molecule has 86 valence electrons. The van der Waals surface area contributed by atoms with Crippen molar-refractivity contribution in [2.45, 2.75) is 0 Å². The zero-order valence-electron chi connectivity index (χ0n) is 8.64. The molecule has 1 heterocycles. The van der Waals surface area contributed by atoms with Crippen LogP contribution < -0.4 is 4.74 Å². The number of rotatable bonds is 4. The molecule has 0 saturated heterocycles. The van der Waals surface area contributed by atoms with E-state index in [-0.39, 0.29) is 11.4 Å². The van der Waals surface area contributed by atoms with Gasteiger partial charge in [0, 0.05) is 11.8 Å². The van der Waals surface area contributed by atoms with Crippen molar-refractivity contribution in [1.82, 2.24) is 4.98 Å². The molecule has 0 aliphatic rings. The molecule has 0 spiro atoms. The molecule has 16 heavy (non-hydrogen) atoms. The number of carbonyl (C=O) groups excluding carboxylic acids is 1. The summed E-state index contributed by atoms with van der Waals surface area (Å²) in [5.41, 5.74) is 0.727. The molecule has 7 heteroatoms. The molecule has 0 N–H and O–H groups in total. The molecule has 0 saturated carbocycles. The van der Waals surface area contributed by atoms with Gasteiger partial charge < -0.3 is 9.47 Å². The van der Waals surface area contributed by atoms with E-state index in [1.165, 1.54) is 32.7 Å². The summed E-state index contributed by atoms with van der Waals surface area (Å²) >= 11 is 4.90. The molecule has 0 amide bonds. The summed E-state index contributed by atoms with van der Waals surface area (Å²) in [7, 11) is 2.68. The predicted octanol–water partition coefficient (Wildman–Crippen LogP) is 1.38. The minimum Gasteiger partial charge on any atom is -0.480 e. The third-order valence-electron chi connectivity index (χ3n) is 1.71. The van der Waals surface area contributed by atoms with Crippen LogP contribution in [0.3, 0.4) is 0 Å². The van der Waals surface area contributed by atoms with Gasteiger partial charge in [0.05, 0.1) is 20.4 Å². The van der Waals surface area contributed by atoms with E-state index in [1.807, 2.05) is 0 Å². The second-order valence-electron chi connectivity index (χ2n) is 2.62. The van der Waals surface area contributed by atoms with Crippen molar-refractivity contribution < 1.29 is 18.7 Å². The molecule has 0 aliphatic heterocycles. The van der Waals surface area contributed by atoms with Gasteiger partial charge in [0.1, 0.15) is 5.56 Å². The number of carbonyl (C=O) groups is 1. The number of halogens is 1. The first-order valence-electron chi connectivity index (χ1n) is 4.16. The lowest BCUT2D eigenvalue weighted by atomic mass is 10.2. The predicted molar refractivity (Wildman–Crippen MR) is 56.7 cm³/mol. The van der Waals surface area contributed by atoms with Crippen LogP contribution in [-0.4, -0.2) is 31.4 Å². The standard InChI is InChI=1S/C9H9ClN2O4/c1-14-8-7(9(13)15-2)3-6(4-11-8)5-12-16-10/h3-5H,1-2H3/b12-5-. The highest BCUT2D eigenvalue weighted by molar-refractivity contribution is 6.07. The Hall–Kier alpha value is -1.82. The topological polar surface area (TPSA) is 70.0 Å². The molecule has 1 rings (SSSR count). The lowest BCUT2D eigenvalue weighted by Gasteiger charge is -2.05. The van der Waals surface area contributed by atoms with Gasteiger partial charge >= 0.3 is 5.97 Å². The van der Waals surface area contributed by atoms with E-state index in [0.717, 1.165) is 0 Å². The summed E-state index contributed by atoms with van der Waals surface area (Å²) in [4.78, 5) is 15.3. The highest BCUT2D eigenvalue weighted by Gasteiger charge is 2.14. The van der Waals surface area contributed by atoms with Crippen molar-refractivity contribution in [3.05, 3.63) is 23.4 Å². The van der Waals surface area contributed by atoms with Crippen LogP contribution in [0.4, 0.5) is 0 Å². The molecule has 0 aromatic carbocycles. The van der Waals surface area contributed by atoms with Crippen LogP contribution in [-0.2, 0) is 9.13 Å². The van der Waals surface area contributed by atoms with Gasteiger partial charge in [-0.1, -0.05) is 5.16 Å². The van der Waals surface area contributed by atoms with Gasteiger partial charge in [-0.25, -0.2) is 9.78 Å². The third-order valence-corrected chi connectivity index (χ3v) is 1.79. The molecule has 0 aliphatic carbocycles. The van der Waals surface area contributed by atoms with Crippen LogP contribution >= 0.6 is 11.9 Å². The minimum atomic E-state index is -0.550. The second kappa shape index (κ2) is 5.92. The van der Waals surface area contributed by atoms with Crippen LogP contribution in [0, 0.1) is 0 Å². The molecular weight excluding hydrogens is 236 g/mol. The Morgan fingerprint density at radius 1 is 1.56 bits per heavy atom. The Morgan fingerprint density at radius 2 is 2.31 bits per heavy atom. The lowest BCUT2D eigenvalue weighted by molar-refractivity contribution is 0.0596. The summed E-state index contributed by atoms with van der Waals surface area (Å²) in [6.45, 7) is 0. The first kappa shape index (κ1) is 12.3. The number of methoxy groups -OCH3 is 2. The Morgan fingerprint density at radius 3 is 2.88 bits per heavy atom. The van der Waals surface area contributed by atoms with Crippen LogP contribution in [0.1, 0.15) is 15.9 Å². The fourth-order valence-corrected chi connectivity index (χ4v) is 1.08. The maximum Gasteiger partial charge on any atom is 0.343 e. The fraction of sp³-hybridized carbons (Fsp3) is 0.222. The quantitative estimate of drug-likeness (QED) is 0.455. The Kier molecular flexibility index (Phi) is 4.53. The van der Waals surface area contributed by atoms with Gasteiger partial charge in [-0.05, 0) is 6.07 Å². The van der Waals surface area contributed by atoms with E-state index in [4.69, 9.17) is 16.6 Å². The maximum atomic E-state index is 11.4. The molecule has 1 aromatic heterocycles. The highest BCUT2D eigenvalue weighted by Crippen LogP contribution is 2.16. The molecule has 0 fully saturated rings. The molecular formula is C9H9ClN2O4. The number of hydrogen-bond donors (Lipinski definition) is 0. The van der Waals surface area contributed by atoms with E-state index in [0.29, 0.717) is 5.56 Å². The lowest BCUT2D eigenvalue weighted by Crippen LogP contribution is -2.06. The van der Waals surface area contributed by atoms with Gasteiger partial charge in [0.15, 0.2) is 11.9 Å². The summed E-state index contributed by atoms with van der Waals surface area (Å²) < 4.78 is 13.5. The van der Waals surface area contributed by atoms with Crippen LogP contribution in [0.15, 0.2) is 17.4 Å². The molecule has 0 bridgehead atoms. The van der Waals surface area contributed by atoms with Crippen molar-refractivity contribution in [3.8, 4) is 5.88 Å². The number of pyridine rings is 1. The van der Waals surface area contributed by atoms with E-state index in [9.17, 15) is 4.79 Å². The summed E-state index contributed by atoms with van der Waals surface area (Å²) in [6, 6.07) is 1.50. The van der Waals surface area contributed by atoms with E-state index in [1.54, 1.807) is 0 Å². The van der Waals surface area contributed by atoms with Crippen molar-refractivity contribution in [2.24, 2.45) is 5.16 Å². The Balaban J connectivity index is 3.10. The van der Waals surface area contributed by atoms with Crippen molar-refractivity contribution >= 4 is 24.0 Å². The Bertz CT molecular complexity index is 408. The number of aromatic nitrogens is 1. The molecule has 1 aromatic rings. The minimum absolute atomic E-state index is 0.177. The number of ether oxygens (including phenoxy) is 2. The van der Waals surface area contributed by atoms with Gasteiger partial charge in [-0.2, -0.15) is 0 Å². The summed E-state index contributed by atoms with van der Waals surface area (Å²) in [5, 5.41) is 3.33. The number of hydrogen-bond acceptors (Lipinski definition) is 6. The van der Waals surface area contributed by atoms with Crippen molar-refractivity contribution in [2.75, 3.05) is 14.2 Å². The average molecular weight is 245 g/mol. The zero-order valence-corrected chi connectivity index (χ0v) is 9.39. The first-order valence-corrected chi connectivity index (χ1v) is 4.47. The molecule has 0 atom stereocenters. The summed E-state index contributed by atoms with van der Waals surface area (Å²) in [5.74, 6) is -0.373. The highest BCUT2D eigenvalue weighted by atomic mass is 35.5. The smallest absolute Gasteiger partial charge is 0.343 e. The van der Waals surface area contributed by atoms with Gasteiger partial charge in [-0.3, -0.25) is 4.39 Å². The first-order chi connectivity index (χ1) is 7.72. The number of oxime groups is 1. The van der Waals surface area contributed by atoms with Gasteiger partial charge in [0.25, 0.3) is 0 Å². The normalized spacial score (nSPS) is 10.2. The Labute approximate surface area is 96.9 Å². The van der Waals surface area contributed by atoms with Crippen LogP contribution in [0.5, 0.6) is 5.88 Å². The molecule has 6 nitrogen and oxygen atoms in total. The zero-order chi connectivity index (χ0) is 12.0. The average Bonchev–Trinajstić information content (AvgIpc) is 2.35. The van der Waals surface area contributed by atoms with Crippen molar-refractivity contribution in [1.29, 1.82) is 0 Å². The van der Waals surface area contributed by atoms with Crippen LogP contribution in [0.2, 0.25) is 0 Å². The largest absolute Gasteiger partial charge is 0.480 e. The summed E-state index contributed by atoms with van der Waals surface area (Å²) in [6.07, 6.45) is 2.75.